The third-order valence-corrected chi connectivity index (χ3v) is 7.74. The van der Waals surface area contributed by atoms with Crippen molar-refractivity contribution in [1.29, 1.82) is 0 Å². The van der Waals surface area contributed by atoms with E-state index in [1.165, 1.54) is 10.4 Å². The molecule has 0 aliphatic heterocycles. The highest BCUT2D eigenvalue weighted by atomic mass is 32.1. The van der Waals surface area contributed by atoms with Crippen molar-refractivity contribution < 1.29 is 9.90 Å². The summed E-state index contributed by atoms with van der Waals surface area (Å²) >= 11 is 1.64. The second-order valence-corrected chi connectivity index (χ2v) is 9.60. The molecule has 3 aromatic rings. The maximum Gasteiger partial charge on any atom is 0.339 e. The van der Waals surface area contributed by atoms with Crippen LogP contribution in [0.2, 0.25) is 0 Å². The Morgan fingerprint density at radius 2 is 1.94 bits per heavy atom. The standard InChI is InChI=1S/C26H30N2O2S/c1-5-16(2)19-10-12-21(13-11-19)27-15-20-14-17(3)28(18(20)4)25-24(26(29)30)22-8-6-7-9-23(22)31-25/h10-16H,5-9H2,1-4H3,(H,29,30)/t16-/m0/s1. The van der Waals surface area contributed by atoms with Crippen molar-refractivity contribution >= 4 is 29.2 Å². The van der Waals surface area contributed by atoms with E-state index in [0.717, 1.165) is 65.3 Å². The van der Waals surface area contributed by atoms with Crippen LogP contribution in [0.1, 0.15) is 82.3 Å². The first-order valence-corrected chi connectivity index (χ1v) is 11.9. The van der Waals surface area contributed by atoms with E-state index in [2.05, 4.69) is 53.7 Å². The maximum absolute atomic E-state index is 12.1. The Balaban J connectivity index is 1.68. The zero-order valence-electron chi connectivity index (χ0n) is 18.7. The molecule has 1 atom stereocenters. The Bertz CT molecular complexity index is 1140. The van der Waals surface area contributed by atoms with Crippen LogP contribution in [0.25, 0.3) is 5.00 Å². The number of hydrogen-bond acceptors (Lipinski definition) is 3. The van der Waals surface area contributed by atoms with Gasteiger partial charge in [0.15, 0.2) is 0 Å². The fraction of sp³-hybridized carbons (Fsp3) is 0.385. The van der Waals surface area contributed by atoms with E-state index in [1.54, 1.807) is 11.3 Å². The first-order chi connectivity index (χ1) is 14.9. The van der Waals surface area contributed by atoms with Gasteiger partial charge in [-0.3, -0.25) is 4.99 Å². The number of aliphatic imine (C=N–C) groups is 1. The summed E-state index contributed by atoms with van der Waals surface area (Å²) in [4.78, 5) is 18.1. The molecule has 2 aromatic heterocycles. The van der Waals surface area contributed by atoms with Crippen LogP contribution in [0, 0.1) is 13.8 Å². The highest BCUT2D eigenvalue weighted by molar-refractivity contribution is 7.15. The van der Waals surface area contributed by atoms with Crippen molar-refractivity contribution in [3.8, 4) is 5.00 Å². The number of aromatic carboxylic acids is 1. The van der Waals surface area contributed by atoms with Gasteiger partial charge in [0, 0.05) is 28.0 Å². The zero-order valence-corrected chi connectivity index (χ0v) is 19.6. The summed E-state index contributed by atoms with van der Waals surface area (Å²) in [6, 6.07) is 10.5. The topological polar surface area (TPSA) is 54.6 Å². The van der Waals surface area contributed by atoms with E-state index in [0.29, 0.717) is 11.5 Å². The quantitative estimate of drug-likeness (QED) is 0.425. The fourth-order valence-electron chi connectivity index (χ4n) is 4.43. The maximum atomic E-state index is 12.1. The lowest BCUT2D eigenvalue weighted by atomic mass is 9.95. The van der Waals surface area contributed by atoms with E-state index < -0.39 is 5.97 Å². The minimum atomic E-state index is -0.821. The van der Waals surface area contributed by atoms with Gasteiger partial charge in [0.05, 0.1) is 11.3 Å². The third kappa shape index (κ3) is 4.11. The largest absolute Gasteiger partial charge is 0.478 e. The van der Waals surface area contributed by atoms with E-state index in [1.807, 2.05) is 20.1 Å². The van der Waals surface area contributed by atoms with E-state index in [9.17, 15) is 9.90 Å². The number of aryl methyl sites for hydroxylation is 2. The van der Waals surface area contributed by atoms with Crippen molar-refractivity contribution in [2.24, 2.45) is 4.99 Å². The lowest BCUT2D eigenvalue weighted by Crippen LogP contribution is -2.09. The molecule has 1 aromatic carbocycles. The van der Waals surface area contributed by atoms with E-state index in [-0.39, 0.29) is 0 Å². The summed E-state index contributed by atoms with van der Waals surface area (Å²) in [6.07, 6.45) is 7.09. The molecule has 1 aliphatic carbocycles. The average Bonchev–Trinajstić information content (AvgIpc) is 3.28. The molecule has 0 saturated heterocycles. The molecule has 0 fully saturated rings. The number of rotatable bonds is 6. The van der Waals surface area contributed by atoms with Gasteiger partial charge < -0.3 is 9.67 Å². The van der Waals surface area contributed by atoms with Crippen molar-refractivity contribution in [2.45, 2.75) is 65.7 Å². The normalized spacial score (nSPS) is 14.7. The Labute approximate surface area is 188 Å². The number of thiophene rings is 1. The lowest BCUT2D eigenvalue weighted by Gasteiger charge is -2.11. The molecule has 0 bridgehead atoms. The van der Waals surface area contributed by atoms with Crippen LogP contribution >= 0.6 is 11.3 Å². The number of aromatic nitrogens is 1. The van der Waals surface area contributed by atoms with Crippen molar-refractivity contribution in [3.63, 3.8) is 0 Å². The molecule has 1 aliphatic rings. The number of fused-ring (bicyclic) bond motifs is 1. The molecule has 0 amide bonds. The van der Waals surface area contributed by atoms with E-state index in [4.69, 9.17) is 0 Å². The van der Waals surface area contributed by atoms with E-state index >= 15 is 0 Å². The van der Waals surface area contributed by atoms with Crippen LogP contribution in [0.15, 0.2) is 35.3 Å². The molecule has 0 saturated carbocycles. The highest BCUT2D eigenvalue weighted by Gasteiger charge is 2.27. The second-order valence-electron chi connectivity index (χ2n) is 8.52. The van der Waals surface area contributed by atoms with Crippen LogP contribution in [0.4, 0.5) is 5.69 Å². The van der Waals surface area contributed by atoms with Gasteiger partial charge in [0.1, 0.15) is 5.00 Å². The van der Waals surface area contributed by atoms with Gasteiger partial charge in [-0.05, 0) is 81.2 Å². The number of benzene rings is 1. The van der Waals surface area contributed by atoms with Gasteiger partial charge in [-0.1, -0.05) is 26.0 Å². The average molecular weight is 435 g/mol. The summed E-state index contributed by atoms with van der Waals surface area (Å²) in [5, 5.41) is 10.8. The van der Waals surface area contributed by atoms with Crippen molar-refractivity contribution in [3.05, 3.63) is 68.9 Å². The Hall–Kier alpha value is -2.66. The Morgan fingerprint density at radius 3 is 2.61 bits per heavy atom. The number of carboxylic acid groups (broad SMARTS) is 1. The van der Waals surface area contributed by atoms with Gasteiger partial charge in [-0.25, -0.2) is 4.79 Å². The molecular weight excluding hydrogens is 404 g/mol. The molecule has 0 spiro atoms. The zero-order chi connectivity index (χ0) is 22.1. The Morgan fingerprint density at radius 1 is 1.23 bits per heavy atom. The molecule has 31 heavy (non-hydrogen) atoms. The van der Waals surface area contributed by atoms with Crippen LogP contribution in [-0.4, -0.2) is 21.9 Å². The summed E-state index contributed by atoms with van der Waals surface area (Å²) < 4.78 is 2.10. The third-order valence-electron chi connectivity index (χ3n) is 6.47. The lowest BCUT2D eigenvalue weighted by molar-refractivity contribution is 0.0696. The summed E-state index contributed by atoms with van der Waals surface area (Å²) in [5.74, 6) is -0.268. The molecule has 1 N–H and O–H groups in total. The molecule has 0 radical (unpaired) electrons. The number of carbonyl (C=O) groups is 1. The minimum Gasteiger partial charge on any atom is -0.478 e. The van der Waals surface area contributed by atoms with Gasteiger partial charge in [-0.2, -0.15) is 0 Å². The number of hydrogen-bond donors (Lipinski definition) is 1. The molecular formula is C26H30N2O2S. The summed E-state index contributed by atoms with van der Waals surface area (Å²) in [7, 11) is 0. The predicted molar refractivity (Wildman–Crippen MR) is 129 cm³/mol. The van der Waals surface area contributed by atoms with Gasteiger partial charge >= 0.3 is 5.97 Å². The van der Waals surface area contributed by atoms with Gasteiger partial charge in [-0.15, -0.1) is 11.3 Å². The van der Waals surface area contributed by atoms with Crippen molar-refractivity contribution in [2.75, 3.05) is 0 Å². The number of carboxylic acids is 1. The minimum absolute atomic E-state index is 0.491. The highest BCUT2D eigenvalue weighted by Crippen LogP contribution is 2.38. The molecule has 162 valence electrons. The molecule has 4 nitrogen and oxygen atoms in total. The van der Waals surface area contributed by atoms with Crippen LogP contribution in [-0.2, 0) is 12.8 Å². The molecule has 0 unspecified atom stereocenters. The monoisotopic (exact) mass is 434 g/mol. The van der Waals surface area contributed by atoms with Gasteiger partial charge in [0.25, 0.3) is 0 Å². The van der Waals surface area contributed by atoms with Crippen LogP contribution < -0.4 is 0 Å². The molecule has 4 rings (SSSR count). The van der Waals surface area contributed by atoms with Crippen molar-refractivity contribution in [1.82, 2.24) is 4.57 Å². The van der Waals surface area contributed by atoms with Gasteiger partial charge in [0.2, 0.25) is 0 Å². The molecule has 2 heterocycles. The SMILES string of the molecule is CC[C@H](C)c1ccc(N=Cc2cc(C)n(-c3sc4c(c3C(=O)O)CCCC4)c2C)cc1. The first-order valence-electron chi connectivity index (χ1n) is 11.1. The first kappa shape index (κ1) is 21.6. The van der Waals surface area contributed by atoms with Crippen LogP contribution in [0.5, 0.6) is 0 Å². The Kier molecular flexibility index (Phi) is 6.15. The summed E-state index contributed by atoms with van der Waals surface area (Å²) in [5.41, 5.74) is 6.88. The number of nitrogens with zero attached hydrogens (tertiary/aromatic N) is 2. The predicted octanol–water partition coefficient (Wildman–Crippen LogP) is 7.00. The molecule has 5 heteroatoms. The second kappa shape index (κ2) is 8.83. The smallest absolute Gasteiger partial charge is 0.339 e. The van der Waals surface area contributed by atoms with Crippen LogP contribution in [0.3, 0.4) is 0 Å². The summed E-state index contributed by atoms with van der Waals surface area (Å²) in [6.45, 7) is 8.52. The fourth-order valence-corrected chi connectivity index (χ4v) is 5.92.